The van der Waals surface area contributed by atoms with Crippen molar-refractivity contribution in [2.75, 3.05) is 26.8 Å². The molecule has 0 unspecified atom stereocenters. The van der Waals surface area contributed by atoms with Crippen molar-refractivity contribution in [3.8, 4) is 11.5 Å². The SMILES string of the molecule is COc1cc(CNC(=O)CNCC2CC2)ccc1OCC(F)(F)F. The predicted octanol–water partition coefficient (Wildman–Crippen LogP) is 2.25. The molecule has 1 aliphatic carbocycles. The number of carbonyl (C=O) groups is 1. The van der Waals surface area contributed by atoms with Gasteiger partial charge in [-0.15, -0.1) is 0 Å². The van der Waals surface area contributed by atoms with Crippen LogP contribution in [0.3, 0.4) is 0 Å². The highest BCUT2D eigenvalue weighted by Crippen LogP contribution is 2.30. The number of amides is 1. The summed E-state index contributed by atoms with van der Waals surface area (Å²) in [6.45, 7) is -0.0150. The molecule has 1 aliphatic rings. The lowest BCUT2D eigenvalue weighted by Gasteiger charge is -2.14. The first-order valence-corrected chi connectivity index (χ1v) is 7.71. The lowest BCUT2D eigenvalue weighted by molar-refractivity contribution is -0.153. The number of carbonyl (C=O) groups excluding carboxylic acids is 1. The molecule has 2 rings (SSSR count). The molecule has 1 saturated carbocycles. The van der Waals surface area contributed by atoms with Crippen LogP contribution in [0.2, 0.25) is 0 Å². The van der Waals surface area contributed by atoms with Gasteiger partial charge in [0, 0.05) is 6.54 Å². The van der Waals surface area contributed by atoms with Crippen LogP contribution < -0.4 is 20.1 Å². The van der Waals surface area contributed by atoms with Gasteiger partial charge >= 0.3 is 6.18 Å². The molecule has 5 nitrogen and oxygen atoms in total. The quantitative estimate of drug-likeness (QED) is 0.720. The number of nitrogens with one attached hydrogen (secondary N) is 2. The van der Waals surface area contributed by atoms with Crippen molar-refractivity contribution in [2.45, 2.75) is 25.6 Å². The third-order valence-corrected chi connectivity index (χ3v) is 3.52. The van der Waals surface area contributed by atoms with E-state index in [1.807, 2.05) is 0 Å². The zero-order valence-electron chi connectivity index (χ0n) is 13.4. The monoisotopic (exact) mass is 346 g/mol. The second kappa shape index (κ2) is 8.23. The topological polar surface area (TPSA) is 59.6 Å². The molecular formula is C16H21F3N2O3. The minimum absolute atomic E-state index is 0.0102. The van der Waals surface area contributed by atoms with Crippen molar-refractivity contribution >= 4 is 5.91 Å². The number of rotatable bonds is 9. The van der Waals surface area contributed by atoms with Gasteiger partial charge in [-0.05, 0) is 43.0 Å². The highest BCUT2D eigenvalue weighted by molar-refractivity contribution is 5.78. The van der Waals surface area contributed by atoms with Crippen LogP contribution in [0.4, 0.5) is 13.2 Å². The lowest BCUT2D eigenvalue weighted by atomic mass is 10.2. The van der Waals surface area contributed by atoms with E-state index in [1.54, 1.807) is 12.1 Å². The van der Waals surface area contributed by atoms with Gasteiger partial charge in [-0.3, -0.25) is 4.79 Å². The number of methoxy groups -OCH3 is 1. The number of halogens is 3. The smallest absolute Gasteiger partial charge is 0.422 e. The molecule has 0 aromatic heterocycles. The Kier molecular flexibility index (Phi) is 6.30. The second-order valence-electron chi connectivity index (χ2n) is 5.74. The van der Waals surface area contributed by atoms with E-state index in [1.165, 1.54) is 26.0 Å². The van der Waals surface area contributed by atoms with E-state index < -0.39 is 12.8 Å². The Morgan fingerprint density at radius 2 is 2.04 bits per heavy atom. The molecule has 134 valence electrons. The number of hydrogen-bond acceptors (Lipinski definition) is 4. The molecule has 1 aromatic carbocycles. The number of hydrogen-bond donors (Lipinski definition) is 2. The first-order valence-electron chi connectivity index (χ1n) is 7.71. The molecule has 0 spiro atoms. The van der Waals surface area contributed by atoms with Crippen molar-refractivity contribution < 1.29 is 27.4 Å². The van der Waals surface area contributed by atoms with Crippen molar-refractivity contribution in [1.82, 2.24) is 10.6 Å². The molecule has 0 heterocycles. The fraction of sp³-hybridized carbons (Fsp3) is 0.562. The van der Waals surface area contributed by atoms with Crippen LogP contribution in [0.5, 0.6) is 11.5 Å². The highest BCUT2D eigenvalue weighted by atomic mass is 19.4. The summed E-state index contributed by atoms with van der Waals surface area (Å²) in [5.41, 5.74) is 0.710. The normalized spacial score (nSPS) is 14.3. The van der Waals surface area contributed by atoms with Crippen LogP contribution in [-0.4, -0.2) is 38.9 Å². The zero-order chi connectivity index (χ0) is 17.6. The Balaban J connectivity index is 1.80. The minimum Gasteiger partial charge on any atom is -0.493 e. The molecule has 24 heavy (non-hydrogen) atoms. The van der Waals surface area contributed by atoms with Gasteiger partial charge in [0.15, 0.2) is 18.1 Å². The summed E-state index contributed by atoms with van der Waals surface area (Å²) in [7, 11) is 1.35. The lowest BCUT2D eigenvalue weighted by Crippen LogP contribution is -2.34. The van der Waals surface area contributed by atoms with Gasteiger partial charge in [-0.25, -0.2) is 0 Å². The molecule has 8 heteroatoms. The first kappa shape index (κ1) is 18.4. The van der Waals surface area contributed by atoms with E-state index >= 15 is 0 Å². The van der Waals surface area contributed by atoms with Crippen molar-refractivity contribution in [2.24, 2.45) is 5.92 Å². The summed E-state index contributed by atoms with van der Waals surface area (Å²) in [4.78, 5) is 11.7. The molecule has 0 radical (unpaired) electrons. The van der Waals surface area contributed by atoms with E-state index in [9.17, 15) is 18.0 Å². The number of benzene rings is 1. The summed E-state index contributed by atoms with van der Waals surface area (Å²) in [6.07, 6.45) is -1.97. The van der Waals surface area contributed by atoms with Gasteiger partial charge in [0.2, 0.25) is 5.91 Å². The predicted molar refractivity (Wildman–Crippen MR) is 82.0 cm³/mol. The average Bonchev–Trinajstić information content (AvgIpc) is 3.34. The molecule has 1 fully saturated rings. The van der Waals surface area contributed by atoms with Crippen LogP contribution in [0.15, 0.2) is 18.2 Å². The Hall–Kier alpha value is -1.96. The molecule has 0 saturated heterocycles. The van der Waals surface area contributed by atoms with Gasteiger partial charge in [0.25, 0.3) is 0 Å². The van der Waals surface area contributed by atoms with Gasteiger partial charge in [0.1, 0.15) is 0 Å². The summed E-state index contributed by atoms with van der Waals surface area (Å²) in [5, 5.41) is 5.82. The third-order valence-electron chi connectivity index (χ3n) is 3.52. The largest absolute Gasteiger partial charge is 0.493 e. The van der Waals surface area contributed by atoms with Crippen LogP contribution in [0.25, 0.3) is 0 Å². The van der Waals surface area contributed by atoms with Crippen molar-refractivity contribution in [3.63, 3.8) is 0 Å². The van der Waals surface area contributed by atoms with Crippen LogP contribution >= 0.6 is 0 Å². The zero-order valence-corrected chi connectivity index (χ0v) is 13.4. The molecule has 1 amide bonds. The average molecular weight is 346 g/mol. The molecule has 2 N–H and O–H groups in total. The second-order valence-corrected chi connectivity index (χ2v) is 5.74. The summed E-state index contributed by atoms with van der Waals surface area (Å²) >= 11 is 0. The van der Waals surface area contributed by atoms with Gasteiger partial charge in [-0.1, -0.05) is 6.07 Å². The van der Waals surface area contributed by atoms with Crippen LogP contribution in [0, 0.1) is 5.92 Å². The molecular weight excluding hydrogens is 325 g/mol. The summed E-state index contributed by atoms with van der Waals surface area (Å²) < 4.78 is 46.4. The highest BCUT2D eigenvalue weighted by Gasteiger charge is 2.29. The molecule has 1 aromatic rings. The minimum atomic E-state index is -4.41. The molecule has 0 atom stereocenters. The number of alkyl halides is 3. The van der Waals surface area contributed by atoms with Crippen LogP contribution in [0.1, 0.15) is 18.4 Å². The fourth-order valence-electron chi connectivity index (χ4n) is 2.08. The van der Waals surface area contributed by atoms with Gasteiger partial charge in [-0.2, -0.15) is 13.2 Å². The molecule has 0 bridgehead atoms. The third kappa shape index (κ3) is 6.66. The van der Waals surface area contributed by atoms with Gasteiger partial charge < -0.3 is 20.1 Å². The van der Waals surface area contributed by atoms with Crippen LogP contribution in [-0.2, 0) is 11.3 Å². The maximum absolute atomic E-state index is 12.2. The standard InChI is InChI=1S/C16H21F3N2O3/c1-23-14-6-12(4-5-13(14)24-10-16(17,18)19)8-21-15(22)9-20-7-11-2-3-11/h4-6,11,20H,2-3,7-10H2,1H3,(H,21,22). The Bertz CT molecular complexity index is 560. The van der Waals surface area contributed by atoms with E-state index in [4.69, 9.17) is 9.47 Å². The van der Waals surface area contributed by atoms with Crippen molar-refractivity contribution in [1.29, 1.82) is 0 Å². The Morgan fingerprint density at radius 1 is 1.29 bits per heavy atom. The molecule has 0 aliphatic heterocycles. The summed E-state index contributed by atoms with van der Waals surface area (Å²) in [5.74, 6) is 0.771. The van der Waals surface area contributed by atoms with Crippen molar-refractivity contribution in [3.05, 3.63) is 23.8 Å². The van der Waals surface area contributed by atoms with Gasteiger partial charge in [0.05, 0.1) is 13.7 Å². The maximum atomic E-state index is 12.2. The van der Waals surface area contributed by atoms with E-state index in [2.05, 4.69) is 10.6 Å². The van der Waals surface area contributed by atoms with E-state index in [-0.39, 0.29) is 30.5 Å². The maximum Gasteiger partial charge on any atom is 0.422 e. The van der Waals surface area contributed by atoms with E-state index in [0.29, 0.717) is 11.5 Å². The summed E-state index contributed by atoms with van der Waals surface area (Å²) in [6, 6.07) is 4.53. The van der Waals surface area contributed by atoms with E-state index in [0.717, 1.165) is 6.54 Å². The Morgan fingerprint density at radius 3 is 2.67 bits per heavy atom. The fourth-order valence-corrected chi connectivity index (χ4v) is 2.08. The number of ether oxygens (including phenoxy) is 2. The first-order chi connectivity index (χ1) is 11.4. The Labute approximate surface area is 138 Å².